The SMILES string of the molecule is COCCN(CC(=O)N(C)C)S(=O)(=O)c1cccc(N)c1. The third-order valence-corrected chi connectivity index (χ3v) is 4.69. The van der Waals surface area contributed by atoms with Crippen molar-refractivity contribution in [3.05, 3.63) is 24.3 Å². The van der Waals surface area contributed by atoms with Gasteiger partial charge in [-0.25, -0.2) is 8.42 Å². The summed E-state index contributed by atoms with van der Waals surface area (Å²) >= 11 is 0. The second-order valence-corrected chi connectivity index (χ2v) is 6.63. The van der Waals surface area contributed by atoms with E-state index < -0.39 is 10.0 Å². The number of nitrogen functional groups attached to an aromatic ring is 1. The Morgan fingerprint density at radius 3 is 2.52 bits per heavy atom. The highest BCUT2D eigenvalue weighted by atomic mass is 32.2. The number of methoxy groups -OCH3 is 1. The van der Waals surface area contributed by atoms with Gasteiger partial charge in [0.2, 0.25) is 15.9 Å². The van der Waals surface area contributed by atoms with Crippen molar-refractivity contribution in [3.8, 4) is 0 Å². The Morgan fingerprint density at radius 1 is 1.33 bits per heavy atom. The number of carbonyl (C=O) groups is 1. The fourth-order valence-electron chi connectivity index (χ4n) is 1.59. The third-order valence-electron chi connectivity index (χ3n) is 2.85. The zero-order chi connectivity index (χ0) is 16.0. The summed E-state index contributed by atoms with van der Waals surface area (Å²) in [5.74, 6) is -0.307. The highest BCUT2D eigenvalue weighted by Gasteiger charge is 2.27. The van der Waals surface area contributed by atoms with Crippen LogP contribution in [0.25, 0.3) is 0 Å². The summed E-state index contributed by atoms with van der Waals surface area (Å²) in [6, 6.07) is 5.98. The number of sulfonamides is 1. The van der Waals surface area contributed by atoms with E-state index in [1.807, 2.05) is 0 Å². The molecule has 0 saturated heterocycles. The van der Waals surface area contributed by atoms with Gasteiger partial charge in [0, 0.05) is 33.4 Å². The summed E-state index contributed by atoms with van der Waals surface area (Å²) in [4.78, 5) is 13.2. The Bertz CT molecular complexity index is 587. The number of nitrogens with zero attached hydrogens (tertiary/aromatic N) is 2. The maximum absolute atomic E-state index is 12.6. The van der Waals surface area contributed by atoms with Crippen molar-refractivity contribution in [1.82, 2.24) is 9.21 Å². The van der Waals surface area contributed by atoms with E-state index in [1.54, 1.807) is 26.2 Å². The monoisotopic (exact) mass is 315 g/mol. The predicted octanol–water partition coefficient (Wildman–Crippen LogP) is -0.00590. The van der Waals surface area contributed by atoms with Gasteiger partial charge in [-0.1, -0.05) is 6.07 Å². The molecule has 7 nitrogen and oxygen atoms in total. The summed E-state index contributed by atoms with van der Waals surface area (Å²) in [7, 11) is 0.819. The normalized spacial score (nSPS) is 11.6. The number of ether oxygens (including phenoxy) is 1. The van der Waals surface area contributed by atoms with E-state index in [9.17, 15) is 13.2 Å². The van der Waals surface area contributed by atoms with Crippen LogP contribution in [0.2, 0.25) is 0 Å². The molecule has 0 aliphatic carbocycles. The van der Waals surface area contributed by atoms with Gasteiger partial charge in [-0.3, -0.25) is 4.79 Å². The van der Waals surface area contributed by atoms with Crippen molar-refractivity contribution < 1.29 is 17.9 Å². The maximum Gasteiger partial charge on any atom is 0.243 e. The fraction of sp³-hybridized carbons (Fsp3) is 0.462. The summed E-state index contributed by atoms with van der Waals surface area (Å²) in [5, 5.41) is 0. The van der Waals surface area contributed by atoms with E-state index in [2.05, 4.69) is 0 Å². The molecule has 0 heterocycles. The van der Waals surface area contributed by atoms with Gasteiger partial charge < -0.3 is 15.4 Å². The molecular weight excluding hydrogens is 294 g/mol. The molecule has 0 spiro atoms. The Morgan fingerprint density at radius 2 is 2.00 bits per heavy atom. The molecule has 21 heavy (non-hydrogen) atoms. The van der Waals surface area contributed by atoms with Crippen LogP contribution in [0, 0.1) is 0 Å². The van der Waals surface area contributed by atoms with Crippen LogP contribution in [0.3, 0.4) is 0 Å². The first-order valence-corrected chi connectivity index (χ1v) is 7.78. The van der Waals surface area contributed by atoms with Gasteiger partial charge >= 0.3 is 0 Å². The molecule has 0 radical (unpaired) electrons. The van der Waals surface area contributed by atoms with Gasteiger partial charge in [-0.15, -0.1) is 0 Å². The lowest BCUT2D eigenvalue weighted by Crippen LogP contribution is -2.41. The molecule has 0 atom stereocenters. The number of rotatable bonds is 7. The first-order chi connectivity index (χ1) is 9.78. The molecule has 1 amide bonds. The fourth-order valence-corrected chi connectivity index (χ4v) is 3.02. The minimum Gasteiger partial charge on any atom is -0.399 e. The van der Waals surface area contributed by atoms with Crippen LogP contribution in [-0.2, 0) is 19.6 Å². The second-order valence-electron chi connectivity index (χ2n) is 4.69. The number of amides is 1. The van der Waals surface area contributed by atoms with Gasteiger partial charge in [-0.2, -0.15) is 4.31 Å². The zero-order valence-electron chi connectivity index (χ0n) is 12.4. The van der Waals surface area contributed by atoms with Gasteiger partial charge in [0.05, 0.1) is 18.0 Å². The van der Waals surface area contributed by atoms with Crippen LogP contribution in [-0.4, -0.2) is 64.4 Å². The average molecular weight is 315 g/mol. The quantitative estimate of drug-likeness (QED) is 0.715. The van der Waals surface area contributed by atoms with E-state index in [1.165, 1.54) is 24.1 Å². The van der Waals surface area contributed by atoms with E-state index in [0.717, 1.165) is 4.31 Å². The highest BCUT2D eigenvalue weighted by Crippen LogP contribution is 2.18. The third kappa shape index (κ3) is 4.69. The molecule has 0 aromatic heterocycles. The van der Waals surface area contributed by atoms with Gasteiger partial charge in [-0.05, 0) is 18.2 Å². The zero-order valence-corrected chi connectivity index (χ0v) is 13.3. The topological polar surface area (TPSA) is 92.9 Å². The molecule has 8 heteroatoms. The van der Waals surface area contributed by atoms with Crippen molar-refractivity contribution in [2.75, 3.05) is 46.6 Å². The van der Waals surface area contributed by atoms with Crippen LogP contribution in [0.4, 0.5) is 5.69 Å². The number of hydrogen-bond donors (Lipinski definition) is 1. The van der Waals surface area contributed by atoms with Crippen LogP contribution in [0.1, 0.15) is 0 Å². The van der Waals surface area contributed by atoms with E-state index in [4.69, 9.17) is 10.5 Å². The van der Waals surface area contributed by atoms with Crippen LogP contribution < -0.4 is 5.73 Å². The lowest BCUT2D eigenvalue weighted by atomic mass is 10.3. The number of likely N-dealkylation sites (N-methyl/N-ethyl adjacent to an activating group) is 1. The summed E-state index contributed by atoms with van der Waals surface area (Å²) in [6.45, 7) is 0.0446. The summed E-state index contributed by atoms with van der Waals surface area (Å²) in [5.41, 5.74) is 5.97. The molecule has 1 aromatic rings. The Kier molecular flexibility index (Phi) is 6.13. The van der Waals surface area contributed by atoms with Crippen molar-refractivity contribution in [3.63, 3.8) is 0 Å². The minimum absolute atomic E-state index is 0.0603. The number of anilines is 1. The van der Waals surface area contributed by atoms with E-state index in [-0.39, 0.29) is 30.5 Å². The standard InChI is InChI=1S/C13H21N3O4S/c1-15(2)13(17)10-16(7-8-20-3)21(18,19)12-6-4-5-11(14)9-12/h4-6,9H,7-8,10,14H2,1-3H3. The van der Waals surface area contributed by atoms with E-state index in [0.29, 0.717) is 5.69 Å². The van der Waals surface area contributed by atoms with Crippen molar-refractivity contribution in [2.45, 2.75) is 4.90 Å². The lowest BCUT2D eigenvalue weighted by molar-refractivity contribution is -0.128. The molecule has 0 unspecified atom stereocenters. The molecule has 0 saturated carbocycles. The Balaban J connectivity index is 3.08. The average Bonchev–Trinajstić information content (AvgIpc) is 2.42. The van der Waals surface area contributed by atoms with Crippen LogP contribution >= 0.6 is 0 Å². The number of nitrogens with two attached hydrogens (primary N) is 1. The molecule has 0 aliphatic rings. The largest absolute Gasteiger partial charge is 0.399 e. The summed E-state index contributed by atoms with van der Waals surface area (Å²) in [6.07, 6.45) is 0. The maximum atomic E-state index is 12.6. The van der Waals surface area contributed by atoms with Gasteiger partial charge in [0.25, 0.3) is 0 Å². The molecular formula is C13H21N3O4S. The van der Waals surface area contributed by atoms with E-state index >= 15 is 0 Å². The minimum atomic E-state index is -3.80. The molecule has 1 aromatic carbocycles. The Labute approximate surface area is 125 Å². The number of hydrogen-bond acceptors (Lipinski definition) is 5. The predicted molar refractivity (Wildman–Crippen MR) is 80.2 cm³/mol. The first-order valence-electron chi connectivity index (χ1n) is 6.34. The smallest absolute Gasteiger partial charge is 0.243 e. The Hall–Kier alpha value is -1.64. The van der Waals surface area contributed by atoms with Crippen molar-refractivity contribution >= 4 is 21.6 Å². The van der Waals surface area contributed by atoms with Crippen molar-refractivity contribution in [1.29, 1.82) is 0 Å². The molecule has 0 fully saturated rings. The molecule has 0 aliphatic heterocycles. The first kappa shape index (κ1) is 17.4. The summed E-state index contributed by atoms with van der Waals surface area (Å²) < 4.78 is 31.2. The second kappa shape index (κ2) is 7.39. The lowest BCUT2D eigenvalue weighted by Gasteiger charge is -2.23. The number of carbonyl (C=O) groups excluding carboxylic acids is 1. The van der Waals surface area contributed by atoms with Gasteiger partial charge in [0.1, 0.15) is 0 Å². The van der Waals surface area contributed by atoms with Crippen LogP contribution in [0.15, 0.2) is 29.2 Å². The molecule has 2 N–H and O–H groups in total. The molecule has 1 rings (SSSR count). The highest BCUT2D eigenvalue weighted by molar-refractivity contribution is 7.89. The van der Waals surface area contributed by atoms with Crippen LogP contribution in [0.5, 0.6) is 0 Å². The van der Waals surface area contributed by atoms with Crippen molar-refractivity contribution in [2.24, 2.45) is 0 Å². The molecule has 0 bridgehead atoms. The molecule has 118 valence electrons. The number of benzene rings is 1. The van der Waals surface area contributed by atoms with Gasteiger partial charge in [0.15, 0.2) is 0 Å².